The van der Waals surface area contributed by atoms with Crippen molar-refractivity contribution in [3.05, 3.63) is 35.9 Å². The minimum atomic E-state index is -3.38. The van der Waals surface area contributed by atoms with Gasteiger partial charge in [0.2, 0.25) is 0 Å². The molecule has 1 fully saturated rings. The van der Waals surface area contributed by atoms with Gasteiger partial charge in [-0.2, -0.15) is 0 Å². The van der Waals surface area contributed by atoms with Crippen molar-refractivity contribution < 1.29 is 17.9 Å². The summed E-state index contributed by atoms with van der Waals surface area (Å²) in [5.74, 6) is -0.375. The summed E-state index contributed by atoms with van der Waals surface area (Å²) in [4.78, 5) is 12.2. The molecule has 3 N–H and O–H groups in total. The number of carbonyl (C=O) groups is 1. The minimum absolute atomic E-state index is 0.00124. The Balaban J connectivity index is 2.36. The maximum Gasteiger partial charge on any atom is 0.408 e. The van der Waals surface area contributed by atoms with Gasteiger partial charge in [-0.1, -0.05) is 37.3 Å². The maximum absolute atomic E-state index is 12.5. The number of alkyl carbamates (subject to hydrolysis) is 1. The van der Waals surface area contributed by atoms with Crippen LogP contribution in [0.3, 0.4) is 0 Å². The van der Waals surface area contributed by atoms with Crippen molar-refractivity contribution >= 4 is 15.9 Å². The lowest BCUT2D eigenvalue weighted by molar-refractivity contribution is 0.0497. The fraction of sp³-hybridized carbons (Fsp3) is 0.588. The predicted octanol–water partition coefficient (Wildman–Crippen LogP) is 1.81. The van der Waals surface area contributed by atoms with Gasteiger partial charge in [0.25, 0.3) is 0 Å². The maximum atomic E-state index is 12.5. The molecular weight excluding hydrogens is 328 g/mol. The van der Waals surface area contributed by atoms with E-state index in [1.54, 1.807) is 27.7 Å². The summed E-state index contributed by atoms with van der Waals surface area (Å²) in [5.41, 5.74) is 5.06. The number of nitrogens with one attached hydrogen (secondary N) is 1. The molecule has 1 aromatic rings. The normalized spacial score (nSPS) is 26.7. The molecule has 1 aromatic carbocycles. The van der Waals surface area contributed by atoms with Crippen LogP contribution in [0.4, 0.5) is 4.79 Å². The third-order valence-corrected chi connectivity index (χ3v) is 6.55. The van der Waals surface area contributed by atoms with Crippen LogP contribution in [0.2, 0.25) is 0 Å². The SMILES string of the molecule is CCS(=O)(=O)[C@@H]1[C@H](c2ccccc2)[C@]1(CN)NC(=O)OC(C)(C)C. The quantitative estimate of drug-likeness (QED) is 0.840. The molecule has 0 unspecified atom stereocenters. The fourth-order valence-corrected chi connectivity index (χ4v) is 5.22. The number of benzene rings is 1. The largest absolute Gasteiger partial charge is 0.444 e. The van der Waals surface area contributed by atoms with E-state index in [9.17, 15) is 13.2 Å². The molecule has 1 aliphatic carbocycles. The van der Waals surface area contributed by atoms with E-state index in [0.717, 1.165) is 5.56 Å². The second-order valence-electron chi connectivity index (χ2n) is 7.13. The van der Waals surface area contributed by atoms with Crippen LogP contribution in [0.15, 0.2) is 30.3 Å². The van der Waals surface area contributed by atoms with Crippen molar-refractivity contribution in [1.29, 1.82) is 0 Å². The Hall–Kier alpha value is -1.60. The van der Waals surface area contributed by atoms with E-state index in [-0.39, 0.29) is 18.2 Å². The number of ether oxygens (including phenoxy) is 1. The summed E-state index contributed by atoms with van der Waals surface area (Å²) in [5, 5.41) is 2.01. The van der Waals surface area contributed by atoms with Crippen LogP contribution in [0, 0.1) is 0 Å². The molecule has 0 spiro atoms. The van der Waals surface area contributed by atoms with Crippen molar-refractivity contribution in [3.8, 4) is 0 Å². The zero-order chi connectivity index (χ0) is 18.2. The molecule has 134 valence electrons. The van der Waals surface area contributed by atoms with Gasteiger partial charge < -0.3 is 15.8 Å². The molecule has 1 amide bonds. The summed E-state index contributed by atoms with van der Waals surface area (Å²) in [7, 11) is -3.38. The predicted molar refractivity (Wildman–Crippen MR) is 93.6 cm³/mol. The molecule has 0 radical (unpaired) electrons. The standard InChI is InChI=1S/C17H26N2O4S/c1-5-24(21,22)14-13(12-9-7-6-8-10-12)17(14,11-18)19-15(20)23-16(2,3)4/h6-10,13-14H,5,11,18H2,1-4H3,(H,19,20)/t13-,14+,17-/m0/s1. The number of rotatable bonds is 5. The van der Waals surface area contributed by atoms with E-state index in [1.165, 1.54) is 0 Å². The van der Waals surface area contributed by atoms with Crippen molar-refractivity contribution in [2.24, 2.45) is 5.73 Å². The van der Waals surface area contributed by atoms with Crippen LogP contribution in [0.5, 0.6) is 0 Å². The van der Waals surface area contributed by atoms with Crippen molar-refractivity contribution in [2.75, 3.05) is 12.3 Å². The Bertz CT molecular complexity index is 697. The number of sulfone groups is 1. The van der Waals surface area contributed by atoms with E-state index in [0.29, 0.717) is 0 Å². The van der Waals surface area contributed by atoms with Crippen LogP contribution < -0.4 is 11.1 Å². The molecular formula is C17H26N2O4S. The zero-order valence-electron chi connectivity index (χ0n) is 14.6. The average molecular weight is 354 g/mol. The third-order valence-electron chi connectivity index (χ3n) is 4.28. The molecule has 0 heterocycles. The summed E-state index contributed by atoms with van der Waals surface area (Å²) in [6.45, 7) is 6.89. The second kappa shape index (κ2) is 6.37. The van der Waals surface area contributed by atoms with Crippen LogP contribution in [0.25, 0.3) is 0 Å². The van der Waals surface area contributed by atoms with E-state index in [1.807, 2.05) is 30.3 Å². The van der Waals surface area contributed by atoms with Gasteiger partial charge in [0.15, 0.2) is 9.84 Å². The number of hydrogen-bond donors (Lipinski definition) is 2. The van der Waals surface area contributed by atoms with Gasteiger partial charge in [-0.3, -0.25) is 0 Å². The van der Waals surface area contributed by atoms with Gasteiger partial charge in [-0.25, -0.2) is 13.2 Å². The highest BCUT2D eigenvalue weighted by atomic mass is 32.2. The van der Waals surface area contributed by atoms with Crippen LogP contribution in [0.1, 0.15) is 39.2 Å². The fourth-order valence-electron chi connectivity index (χ4n) is 3.18. The topological polar surface area (TPSA) is 98.5 Å². The first kappa shape index (κ1) is 18.7. The van der Waals surface area contributed by atoms with Crippen molar-refractivity contribution in [3.63, 3.8) is 0 Å². The highest BCUT2D eigenvalue weighted by molar-refractivity contribution is 7.92. The summed E-state index contributed by atoms with van der Waals surface area (Å²) < 4.78 is 30.4. The van der Waals surface area contributed by atoms with E-state index >= 15 is 0 Å². The zero-order valence-corrected chi connectivity index (χ0v) is 15.4. The van der Waals surface area contributed by atoms with E-state index in [2.05, 4.69) is 5.32 Å². The lowest BCUT2D eigenvalue weighted by atomic mass is 10.1. The Kier molecular flexibility index (Phi) is 4.97. The monoisotopic (exact) mass is 354 g/mol. The first-order valence-corrected chi connectivity index (χ1v) is 9.76. The van der Waals surface area contributed by atoms with Gasteiger partial charge >= 0.3 is 6.09 Å². The molecule has 0 saturated heterocycles. The lowest BCUT2D eigenvalue weighted by Crippen LogP contribution is -2.49. The Labute approximate surface area is 143 Å². The Morgan fingerprint density at radius 3 is 2.33 bits per heavy atom. The van der Waals surface area contributed by atoms with Crippen LogP contribution in [-0.2, 0) is 14.6 Å². The highest BCUT2D eigenvalue weighted by Crippen LogP contribution is 2.55. The number of hydrogen-bond acceptors (Lipinski definition) is 5. The molecule has 1 aliphatic rings. The first-order chi connectivity index (χ1) is 11.1. The first-order valence-electron chi connectivity index (χ1n) is 8.05. The molecule has 6 nitrogen and oxygen atoms in total. The second-order valence-corrected chi connectivity index (χ2v) is 9.54. The van der Waals surface area contributed by atoms with Gasteiger partial charge in [-0.15, -0.1) is 0 Å². The summed E-state index contributed by atoms with van der Waals surface area (Å²) >= 11 is 0. The molecule has 0 aliphatic heterocycles. The van der Waals surface area contributed by atoms with E-state index in [4.69, 9.17) is 10.5 Å². The average Bonchev–Trinajstić information content (AvgIpc) is 3.16. The molecule has 0 bridgehead atoms. The Morgan fingerprint density at radius 1 is 1.29 bits per heavy atom. The summed E-state index contributed by atoms with van der Waals surface area (Å²) in [6.07, 6.45) is -0.650. The molecule has 7 heteroatoms. The number of carbonyl (C=O) groups excluding carboxylic acids is 1. The number of nitrogens with two attached hydrogens (primary N) is 1. The smallest absolute Gasteiger partial charge is 0.408 e. The Morgan fingerprint density at radius 2 is 1.88 bits per heavy atom. The van der Waals surface area contributed by atoms with Gasteiger partial charge in [0.1, 0.15) is 5.60 Å². The minimum Gasteiger partial charge on any atom is -0.444 e. The van der Waals surface area contributed by atoms with Gasteiger partial charge in [0, 0.05) is 18.2 Å². The summed E-state index contributed by atoms with van der Waals surface area (Å²) in [6, 6.07) is 9.27. The molecule has 0 aromatic heterocycles. The molecule has 1 saturated carbocycles. The number of amides is 1. The highest BCUT2D eigenvalue weighted by Gasteiger charge is 2.71. The lowest BCUT2D eigenvalue weighted by Gasteiger charge is -2.24. The molecule has 24 heavy (non-hydrogen) atoms. The third kappa shape index (κ3) is 3.57. The molecule has 3 atom stereocenters. The van der Waals surface area contributed by atoms with Crippen LogP contribution >= 0.6 is 0 Å². The van der Waals surface area contributed by atoms with Crippen LogP contribution in [-0.4, -0.2) is 43.2 Å². The van der Waals surface area contributed by atoms with Crippen molar-refractivity contribution in [1.82, 2.24) is 5.32 Å². The van der Waals surface area contributed by atoms with Gasteiger partial charge in [0.05, 0.1) is 10.8 Å². The van der Waals surface area contributed by atoms with Gasteiger partial charge in [-0.05, 0) is 26.3 Å². The van der Waals surface area contributed by atoms with E-state index < -0.39 is 32.3 Å². The van der Waals surface area contributed by atoms with Crippen molar-refractivity contribution in [2.45, 2.75) is 50.0 Å². The molecule has 2 rings (SSSR count).